The molecule has 1 aliphatic heterocycles. The van der Waals surface area contributed by atoms with Crippen LogP contribution in [0.25, 0.3) is 4.83 Å². The smallest absolute Gasteiger partial charge is 0.260 e. The van der Waals surface area contributed by atoms with Crippen LogP contribution in [0.1, 0.15) is 35.8 Å². The number of hydrogen-bond acceptors (Lipinski definition) is 6. The first-order valence-corrected chi connectivity index (χ1v) is 11.0. The molecule has 2 N–H and O–H groups in total. The minimum atomic E-state index is -0.270. The van der Waals surface area contributed by atoms with Gasteiger partial charge < -0.3 is 10.6 Å². The highest BCUT2D eigenvalue weighted by Crippen LogP contribution is 2.27. The summed E-state index contributed by atoms with van der Waals surface area (Å²) in [5.74, 6) is -0.350. The second kappa shape index (κ2) is 8.21. The van der Waals surface area contributed by atoms with Crippen molar-refractivity contribution in [1.29, 1.82) is 0 Å². The lowest BCUT2D eigenvalue weighted by molar-refractivity contribution is -0.117. The van der Waals surface area contributed by atoms with Gasteiger partial charge in [0, 0.05) is 6.04 Å². The Labute approximate surface area is 180 Å². The number of thiazole rings is 1. The number of amides is 2. The average Bonchev–Trinajstić information content (AvgIpc) is 3.34. The van der Waals surface area contributed by atoms with Crippen molar-refractivity contribution in [2.24, 2.45) is 0 Å². The maximum Gasteiger partial charge on any atom is 0.260 e. The molecule has 0 saturated carbocycles. The Bertz CT molecular complexity index is 1080. The molecule has 1 aliphatic rings. The van der Waals surface area contributed by atoms with Gasteiger partial charge in [-0.25, -0.2) is 4.52 Å². The summed E-state index contributed by atoms with van der Waals surface area (Å²) in [6, 6.07) is 2.16. The monoisotopic (exact) mass is 476 g/mol. The molecule has 0 aliphatic carbocycles. The van der Waals surface area contributed by atoms with Gasteiger partial charge in [0.25, 0.3) is 5.91 Å². The second-order valence-corrected chi connectivity index (χ2v) is 9.57. The molecule has 0 aromatic carbocycles. The fourth-order valence-electron chi connectivity index (χ4n) is 3.45. The molecular formula is C19H21BrN6O2S. The third kappa shape index (κ3) is 4.34. The van der Waals surface area contributed by atoms with Crippen LogP contribution < -0.4 is 10.6 Å². The molecule has 0 spiro atoms. The summed E-state index contributed by atoms with van der Waals surface area (Å²) in [6.07, 6.45) is 7.20. The topological polar surface area (TPSA) is 91.6 Å². The first-order valence-electron chi connectivity index (χ1n) is 9.35. The van der Waals surface area contributed by atoms with Gasteiger partial charge in [0.05, 0.1) is 51.6 Å². The van der Waals surface area contributed by atoms with E-state index in [1.807, 2.05) is 6.92 Å². The number of aryl methyl sites for hydroxylation is 1. The average molecular weight is 477 g/mol. The highest BCUT2D eigenvalue weighted by atomic mass is 79.9. The normalized spacial score (nSPS) is 17.0. The van der Waals surface area contributed by atoms with Crippen LogP contribution in [0.5, 0.6) is 0 Å². The number of aromatic nitrogens is 3. The van der Waals surface area contributed by atoms with Crippen LogP contribution in [0.15, 0.2) is 28.4 Å². The van der Waals surface area contributed by atoms with Crippen LogP contribution in [0, 0.1) is 6.92 Å². The molecule has 10 heteroatoms. The third-order valence-electron chi connectivity index (χ3n) is 5.07. The lowest BCUT2D eigenvalue weighted by atomic mass is 10.2. The molecule has 8 nitrogen and oxygen atoms in total. The fraction of sp³-hybridized carbons (Fsp3) is 0.368. The van der Waals surface area contributed by atoms with Gasteiger partial charge >= 0.3 is 0 Å². The Hall–Kier alpha value is -2.30. The van der Waals surface area contributed by atoms with Gasteiger partial charge in [0.15, 0.2) is 0 Å². The number of anilines is 2. The minimum Gasteiger partial charge on any atom is -0.324 e. The second-order valence-electron chi connectivity index (χ2n) is 7.16. The largest absolute Gasteiger partial charge is 0.324 e. The molecule has 3 aromatic rings. The fourth-order valence-corrected chi connectivity index (χ4v) is 4.89. The summed E-state index contributed by atoms with van der Waals surface area (Å²) in [5.41, 5.74) is 2.26. The van der Waals surface area contributed by atoms with Gasteiger partial charge in [-0.15, -0.1) is 11.3 Å². The summed E-state index contributed by atoms with van der Waals surface area (Å²) in [5, 5.41) is 9.96. The van der Waals surface area contributed by atoms with Crippen molar-refractivity contribution in [2.75, 3.05) is 23.7 Å². The number of pyridine rings is 1. The molecule has 2 amide bonds. The molecule has 0 bridgehead atoms. The van der Waals surface area contributed by atoms with Gasteiger partial charge in [-0.3, -0.25) is 19.5 Å². The summed E-state index contributed by atoms with van der Waals surface area (Å²) in [7, 11) is 0. The van der Waals surface area contributed by atoms with Crippen molar-refractivity contribution in [3.05, 3.63) is 39.7 Å². The van der Waals surface area contributed by atoms with Crippen LogP contribution >= 0.6 is 27.3 Å². The maximum atomic E-state index is 12.8. The highest BCUT2D eigenvalue weighted by Gasteiger charge is 2.22. The van der Waals surface area contributed by atoms with Crippen molar-refractivity contribution in [2.45, 2.75) is 32.7 Å². The van der Waals surface area contributed by atoms with E-state index in [2.05, 4.69) is 48.5 Å². The minimum absolute atomic E-state index is 0.0801. The SMILES string of the molecule is Cc1ncc(NC(=O)CN2CCC[C@H]2C)cc1NC(=O)c1cnn2cc(Br)sc12. The number of likely N-dealkylation sites (tertiary alicyclic amines) is 1. The maximum absolute atomic E-state index is 12.8. The van der Waals surface area contributed by atoms with E-state index in [4.69, 9.17) is 0 Å². The summed E-state index contributed by atoms with van der Waals surface area (Å²) in [6.45, 7) is 5.25. The van der Waals surface area contributed by atoms with E-state index in [1.165, 1.54) is 11.3 Å². The number of halogens is 1. The molecule has 0 unspecified atom stereocenters. The van der Waals surface area contributed by atoms with Crippen LogP contribution in [0.2, 0.25) is 0 Å². The molecule has 1 fully saturated rings. The predicted molar refractivity (Wildman–Crippen MR) is 117 cm³/mol. The lowest BCUT2D eigenvalue weighted by Gasteiger charge is -2.20. The van der Waals surface area contributed by atoms with Gasteiger partial charge in [-0.1, -0.05) is 0 Å². The van der Waals surface area contributed by atoms with Gasteiger partial charge in [0.1, 0.15) is 4.83 Å². The number of hydrogen-bond donors (Lipinski definition) is 2. The number of nitrogens with zero attached hydrogens (tertiary/aromatic N) is 4. The molecule has 152 valence electrons. The van der Waals surface area contributed by atoms with E-state index < -0.39 is 0 Å². The summed E-state index contributed by atoms with van der Waals surface area (Å²) < 4.78 is 2.55. The first kappa shape index (κ1) is 20.0. The van der Waals surface area contributed by atoms with Gasteiger partial charge in [0.2, 0.25) is 5.91 Å². The van der Waals surface area contributed by atoms with Crippen LogP contribution in [-0.2, 0) is 4.79 Å². The Kier molecular flexibility index (Phi) is 5.66. The predicted octanol–water partition coefficient (Wildman–Crippen LogP) is 3.54. The zero-order valence-corrected chi connectivity index (χ0v) is 18.5. The number of fused-ring (bicyclic) bond motifs is 1. The van der Waals surface area contributed by atoms with Gasteiger partial charge in [-0.2, -0.15) is 5.10 Å². The quantitative estimate of drug-likeness (QED) is 0.587. The standard InChI is InChI=1S/C19H21BrN6O2S/c1-11-4-3-5-25(11)10-17(27)23-13-6-15(12(2)21-7-13)24-18(28)14-8-22-26-9-16(20)29-19(14)26/h6-9,11H,3-5,10H2,1-2H3,(H,23,27)(H,24,28)/t11-/m1/s1. The Morgan fingerprint density at radius 1 is 1.34 bits per heavy atom. The van der Waals surface area contributed by atoms with E-state index in [0.717, 1.165) is 28.0 Å². The van der Waals surface area contributed by atoms with E-state index in [1.54, 1.807) is 29.2 Å². The van der Waals surface area contributed by atoms with E-state index >= 15 is 0 Å². The Morgan fingerprint density at radius 2 is 2.17 bits per heavy atom. The van der Waals surface area contributed by atoms with Crippen molar-refractivity contribution in [3.63, 3.8) is 0 Å². The Balaban J connectivity index is 1.46. The van der Waals surface area contributed by atoms with Crippen LogP contribution in [0.4, 0.5) is 11.4 Å². The highest BCUT2D eigenvalue weighted by molar-refractivity contribution is 9.11. The molecule has 4 rings (SSSR count). The summed E-state index contributed by atoms with van der Waals surface area (Å²) >= 11 is 4.84. The van der Waals surface area contributed by atoms with Crippen molar-refractivity contribution >= 4 is 55.3 Å². The third-order valence-corrected chi connectivity index (χ3v) is 6.66. The van der Waals surface area contributed by atoms with Gasteiger partial charge in [-0.05, 0) is 55.2 Å². The number of carbonyl (C=O) groups is 2. The number of carbonyl (C=O) groups excluding carboxylic acids is 2. The molecule has 1 saturated heterocycles. The molecular weight excluding hydrogens is 456 g/mol. The lowest BCUT2D eigenvalue weighted by Crippen LogP contribution is -2.35. The van der Waals surface area contributed by atoms with E-state index in [-0.39, 0.29) is 11.8 Å². The van der Waals surface area contributed by atoms with Crippen LogP contribution in [-0.4, -0.2) is 50.4 Å². The molecule has 4 heterocycles. The molecule has 29 heavy (non-hydrogen) atoms. The van der Waals surface area contributed by atoms with Crippen molar-refractivity contribution < 1.29 is 9.59 Å². The zero-order valence-electron chi connectivity index (χ0n) is 16.1. The number of nitrogens with one attached hydrogen (secondary N) is 2. The van der Waals surface area contributed by atoms with Crippen LogP contribution in [0.3, 0.4) is 0 Å². The summed E-state index contributed by atoms with van der Waals surface area (Å²) in [4.78, 5) is 32.4. The molecule has 1 atom stereocenters. The molecule has 3 aromatic heterocycles. The number of rotatable bonds is 5. The van der Waals surface area contributed by atoms with E-state index in [0.29, 0.717) is 35.2 Å². The molecule has 0 radical (unpaired) electrons. The van der Waals surface area contributed by atoms with E-state index in [9.17, 15) is 9.59 Å². The zero-order chi connectivity index (χ0) is 20.5. The van der Waals surface area contributed by atoms with Crippen molar-refractivity contribution in [1.82, 2.24) is 19.5 Å². The Morgan fingerprint density at radius 3 is 2.93 bits per heavy atom. The first-order chi connectivity index (χ1) is 13.9. The van der Waals surface area contributed by atoms with Crippen molar-refractivity contribution in [3.8, 4) is 0 Å².